The Bertz CT molecular complexity index is 178. The molecular formula is C10H23N3O. The van der Waals surface area contributed by atoms with Crippen molar-refractivity contribution in [3.63, 3.8) is 0 Å². The summed E-state index contributed by atoms with van der Waals surface area (Å²) in [5, 5.41) is 5.88. The molecule has 2 N–H and O–H groups in total. The topological polar surface area (TPSA) is 44.4 Å². The Morgan fingerprint density at radius 3 is 2.36 bits per heavy atom. The molecule has 0 spiro atoms. The molecule has 0 aliphatic heterocycles. The molecule has 0 bridgehead atoms. The van der Waals surface area contributed by atoms with E-state index in [0.717, 1.165) is 6.54 Å². The summed E-state index contributed by atoms with van der Waals surface area (Å²) in [6, 6.07) is 0. The first kappa shape index (κ1) is 13.4. The van der Waals surface area contributed by atoms with Crippen LogP contribution in [-0.4, -0.2) is 50.1 Å². The Labute approximate surface area is 87.0 Å². The van der Waals surface area contributed by atoms with Crippen LogP contribution in [0.4, 0.5) is 0 Å². The summed E-state index contributed by atoms with van der Waals surface area (Å²) in [6.07, 6.45) is 0. The number of amides is 1. The molecule has 0 saturated carbocycles. The van der Waals surface area contributed by atoms with Gasteiger partial charge in [0.2, 0.25) is 5.91 Å². The van der Waals surface area contributed by atoms with Gasteiger partial charge in [-0.3, -0.25) is 4.79 Å². The van der Waals surface area contributed by atoms with E-state index in [9.17, 15) is 4.79 Å². The molecule has 0 radical (unpaired) electrons. The van der Waals surface area contributed by atoms with E-state index in [4.69, 9.17) is 0 Å². The van der Waals surface area contributed by atoms with Crippen molar-refractivity contribution >= 4 is 5.91 Å². The van der Waals surface area contributed by atoms with Crippen LogP contribution in [-0.2, 0) is 4.79 Å². The van der Waals surface area contributed by atoms with E-state index in [2.05, 4.69) is 29.4 Å². The molecule has 0 aliphatic carbocycles. The summed E-state index contributed by atoms with van der Waals surface area (Å²) >= 11 is 0. The predicted octanol–water partition coefficient (Wildman–Crippen LogP) is 0.0523. The van der Waals surface area contributed by atoms with Gasteiger partial charge < -0.3 is 15.5 Å². The van der Waals surface area contributed by atoms with Crippen LogP contribution in [0, 0.1) is 0 Å². The third-order valence-corrected chi connectivity index (χ3v) is 2.46. The molecule has 0 saturated heterocycles. The molecular weight excluding hydrogens is 178 g/mol. The molecule has 4 heteroatoms. The number of likely N-dealkylation sites (N-methyl/N-ethyl adjacent to an activating group) is 2. The lowest BCUT2D eigenvalue weighted by Gasteiger charge is -2.32. The van der Waals surface area contributed by atoms with E-state index in [0.29, 0.717) is 13.1 Å². The average Bonchev–Trinajstić information content (AvgIpc) is 2.11. The van der Waals surface area contributed by atoms with Gasteiger partial charge in [0.15, 0.2) is 0 Å². The van der Waals surface area contributed by atoms with Gasteiger partial charge in [-0.25, -0.2) is 0 Å². The third kappa shape index (κ3) is 5.19. The molecule has 4 nitrogen and oxygen atoms in total. The predicted molar refractivity (Wildman–Crippen MR) is 59.3 cm³/mol. The van der Waals surface area contributed by atoms with E-state index >= 15 is 0 Å². The maximum atomic E-state index is 11.3. The number of rotatable bonds is 6. The fourth-order valence-corrected chi connectivity index (χ4v) is 0.774. The van der Waals surface area contributed by atoms with Crippen LogP contribution in [0.3, 0.4) is 0 Å². The fourth-order valence-electron chi connectivity index (χ4n) is 0.774. The highest BCUT2D eigenvalue weighted by Crippen LogP contribution is 2.07. The SMILES string of the molecule is CCNCC(=O)NCC(C)(C)N(C)C. The summed E-state index contributed by atoms with van der Waals surface area (Å²) < 4.78 is 0. The lowest BCUT2D eigenvalue weighted by Crippen LogP contribution is -2.49. The molecule has 0 fully saturated rings. The molecule has 0 aromatic heterocycles. The number of carbonyl (C=O) groups is 1. The molecule has 14 heavy (non-hydrogen) atoms. The van der Waals surface area contributed by atoms with Crippen molar-refractivity contribution < 1.29 is 4.79 Å². The van der Waals surface area contributed by atoms with E-state index in [1.807, 2.05) is 21.0 Å². The molecule has 0 aromatic carbocycles. The summed E-state index contributed by atoms with van der Waals surface area (Å²) in [4.78, 5) is 13.4. The second-order valence-corrected chi connectivity index (χ2v) is 4.26. The van der Waals surface area contributed by atoms with Crippen LogP contribution in [0.5, 0.6) is 0 Å². The summed E-state index contributed by atoms with van der Waals surface area (Å²) in [6.45, 7) is 8.08. The highest BCUT2D eigenvalue weighted by molar-refractivity contribution is 5.78. The number of hydrogen-bond donors (Lipinski definition) is 2. The maximum Gasteiger partial charge on any atom is 0.234 e. The largest absolute Gasteiger partial charge is 0.353 e. The van der Waals surface area contributed by atoms with Crippen molar-refractivity contribution in [2.45, 2.75) is 26.3 Å². The molecule has 84 valence electrons. The first-order valence-electron chi connectivity index (χ1n) is 5.05. The van der Waals surface area contributed by atoms with Crippen molar-refractivity contribution in [1.82, 2.24) is 15.5 Å². The number of hydrogen-bond acceptors (Lipinski definition) is 3. The standard InChI is InChI=1S/C10H23N3O/c1-6-11-7-9(14)12-8-10(2,3)13(4)5/h11H,6-8H2,1-5H3,(H,12,14). The Morgan fingerprint density at radius 1 is 1.36 bits per heavy atom. The minimum absolute atomic E-state index is 0.00186. The smallest absolute Gasteiger partial charge is 0.234 e. The Kier molecular flexibility index (Phi) is 5.72. The first-order chi connectivity index (χ1) is 6.40. The van der Waals surface area contributed by atoms with Crippen molar-refractivity contribution in [1.29, 1.82) is 0 Å². The molecule has 0 atom stereocenters. The number of nitrogens with zero attached hydrogens (tertiary/aromatic N) is 1. The second-order valence-electron chi connectivity index (χ2n) is 4.26. The van der Waals surface area contributed by atoms with Gasteiger partial charge in [-0.15, -0.1) is 0 Å². The van der Waals surface area contributed by atoms with Gasteiger partial charge in [-0.1, -0.05) is 6.92 Å². The normalized spacial score (nSPS) is 11.9. The van der Waals surface area contributed by atoms with Gasteiger partial charge in [-0.05, 0) is 34.5 Å². The quantitative estimate of drug-likeness (QED) is 0.638. The highest BCUT2D eigenvalue weighted by atomic mass is 16.1. The summed E-state index contributed by atoms with van der Waals surface area (Å²) in [5.74, 6) is 0.0572. The minimum Gasteiger partial charge on any atom is -0.353 e. The van der Waals surface area contributed by atoms with Crippen LogP contribution in [0.1, 0.15) is 20.8 Å². The molecule has 0 heterocycles. The molecule has 1 amide bonds. The van der Waals surface area contributed by atoms with Crippen LogP contribution < -0.4 is 10.6 Å². The van der Waals surface area contributed by atoms with Gasteiger partial charge in [-0.2, -0.15) is 0 Å². The summed E-state index contributed by atoms with van der Waals surface area (Å²) in [7, 11) is 4.02. The Balaban J connectivity index is 3.76. The van der Waals surface area contributed by atoms with Crippen LogP contribution in [0.25, 0.3) is 0 Å². The van der Waals surface area contributed by atoms with E-state index in [-0.39, 0.29) is 11.4 Å². The van der Waals surface area contributed by atoms with Gasteiger partial charge in [0.05, 0.1) is 6.54 Å². The minimum atomic E-state index is 0.00186. The molecule has 0 aliphatic rings. The zero-order chi connectivity index (χ0) is 11.2. The van der Waals surface area contributed by atoms with Crippen molar-refractivity contribution in [3.8, 4) is 0 Å². The Hall–Kier alpha value is -0.610. The monoisotopic (exact) mass is 201 g/mol. The molecule has 0 unspecified atom stereocenters. The van der Waals surface area contributed by atoms with Crippen molar-refractivity contribution in [2.24, 2.45) is 0 Å². The zero-order valence-electron chi connectivity index (χ0n) is 9.98. The zero-order valence-corrected chi connectivity index (χ0v) is 9.98. The third-order valence-electron chi connectivity index (χ3n) is 2.46. The van der Waals surface area contributed by atoms with E-state index in [1.165, 1.54) is 0 Å². The number of nitrogens with one attached hydrogen (secondary N) is 2. The first-order valence-corrected chi connectivity index (χ1v) is 5.05. The van der Waals surface area contributed by atoms with E-state index < -0.39 is 0 Å². The van der Waals surface area contributed by atoms with Gasteiger partial charge in [0.1, 0.15) is 0 Å². The van der Waals surface area contributed by atoms with Gasteiger partial charge in [0, 0.05) is 12.1 Å². The lowest BCUT2D eigenvalue weighted by molar-refractivity contribution is -0.120. The summed E-state index contributed by atoms with van der Waals surface area (Å²) in [5.41, 5.74) is 0.00186. The van der Waals surface area contributed by atoms with Crippen LogP contribution >= 0.6 is 0 Å². The highest BCUT2D eigenvalue weighted by Gasteiger charge is 2.20. The second kappa shape index (κ2) is 5.98. The molecule has 0 rings (SSSR count). The fraction of sp³-hybridized carbons (Fsp3) is 0.900. The molecule has 0 aromatic rings. The average molecular weight is 201 g/mol. The van der Waals surface area contributed by atoms with Crippen molar-refractivity contribution in [3.05, 3.63) is 0 Å². The maximum absolute atomic E-state index is 11.3. The van der Waals surface area contributed by atoms with Crippen LogP contribution in [0.2, 0.25) is 0 Å². The van der Waals surface area contributed by atoms with Crippen molar-refractivity contribution in [2.75, 3.05) is 33.7 Å². The lowest BCUT2D eigenvalue weighted by atomic mass is 10.0. The Morgan fingerprint density at radius 2 is 1.93 bits per heavy atom. The van der Waals surface area contributed by atoms with E-state index in [1.54, 1.807) is 0 Å². The number of carbonyl (C=O) groups excluding carboxylic acids is 1. The van der Waals surface area contributed by atoms with Gasteiger partial charge >= 0.3 is 0 Å². The van der Waals surface area contributed by atoms with Crippen LogP contribution in [0.15, 0.2) is 0 Å². The van der Waals surface area contributed by atoms with Gasteiger partial charge in [0.25, 0.3) is 0 Å².